The van der Waals surface area contributed by atoms with Crippen molar-refractivity contribution in [3.8, 4) is 0 Å². The van der Waals surface area contributed by atoms with Crippen molar-refractivity contribution in [2.75, 3.05) is 0 Å². The minimum Gasteiger partial charge on any atom is -0.468 e. The normalized spacial score (nSPS) is 10.9. The molecule has 1 heterocycles. The van der Waals surface area contributed by atoms with E-state index in [9.17, 15) is 0 Å². The molecule has 0 radical (unpaired) electrons. The smallest absolute Gasteiger partial charge is 0.113 e. The topological polar surface area (TPSA) is 57.8 Å². The van der Waals surface area contributed by atoms with E-state index < -0.39 is 0 Å². The van der Waals surface area contributed by atoms with Crippen molar-refractivity contribution in [3.05, 3.63) is 48.4 Å². The van der Waals surface area contributed by atoms with Crippen LogP contribution in [0.5, 0.6) is 0 Å². The van der Waals surface area contributed by atoms with Crippen molar-refractivity contribution < 1.29 is 9.62 Å². The molecule has 1 aromatic carbocycles. The third-order valence-corrected chi connectivity index (χ3v) is 3.10. The van der Waals surface area contributed by atoms with Crippen LogP contribution in [0.3, 0.4) is 0 Å². The van der Waals surface area contributed by atoms with E-state index in [1.165, 1.54) is 6.34 Å². The van der Waals surface area contributed by atoms with Gasteiger partial charge in [-0.3, -0.25) is 10.7 Å². The van der Waals surface area contributed by atoms with Crippen LogP contribution in [0.25, 0.3) is 0 Å². The first kappa shape index (κ1) is 11.8. The standard InChI is InChI=1S/C12H12N2O2S/c15-14-9-13-10-3-5-12(6-4-10)17-8-11-2-1-7-16-11/h1-7,9,15H,8H2,(H,13,14). The van der Waals surface area contributed by atoms with Crippen molar-refractivity contribution >= 4 is 23.8 Å². The second-order valence-electron chi connectivity index (χ2n) is 3.25. The largest absolute Gasteiger partial charge is 0.468 e. The zero-order valence-electron chi connectivity index (χ0n) is 9.04. The van der Waals surface area contributed by atoms with Crippen molar-refractivity contribution in [1.29, 1.82) is 0 Å². The minimum atomic E-state index is 0.786. The Labute approximate surface area is 103 Å². The molecule has 17 heavy (non-hydrogen) atoms. The van der Waals surface area contributed by atoms with E-state index >= 15 is 0 Å². The third kappa shape index (κ3) is 3.65. The number of rotatable bonds is 5. The molecule has 0 bridgehead atoms. The molecule has 88 valence electrons. The summed E-state index contributed by atoms with van der Waals surface area (Å²) in [5, 5.41) is 8.36. The summed E-state index contributed by atoms with van der Waals surface area (Å²) in [6.07, 6.45) is 2.90. The molecule has 0 aliphatic rings. The molecule has 2 aromatic rings. The lowest BCUT2D eigenvalue weighted by Gasteiger charge is -2.00. The first-order valence-electron chi connectivity index (χ1n) is 5.06. The van der Waals surface area contributed by atoms with Gasteiger partial charge in [0.15, 0.2) is 0 Å². The Balaban J connectivity index is 1.91. The highest BCUT2D eigenvalue weighted by Crippen LogP contribution is 2.24. The van der Waals surface area contributed by atoms with Crippen LogP contribution in [0.15, 0.2) is 57.0 Å². The monoisotopic (exact) mass is 248 g/mol. The van der Waals surface area contributed by atoms with Gasteiger partial charge in [0.25, 0.3) is 0 Å². The highest BCUT2D eigenvalue weighted by molar-refractivity contribution is 7.98. The number of hydrogen-bond acceptors (Lipinski definition) is 4. The molecule has 2 N–H and O–H groups in total. The summed E-state index contributed by atoms with van der Waals surface area (Å²) in [7, 11) is 0. The highest BCUT2D eigenvalue weighted by atomic mass is 32.2. The molecular weight excluding hydrogens is 236 g/mol. The lowest BCUT2D eigenvalue weighted by atomic mass is 10.3. The first-order valence-corrected chi connectivity index (χ1v) is 6.04. The van der Waals surface area contributed by atoms with E-state index in [4.69, 9.17) is 9.62 Å². The zero-order valence-corrected chi connectivity index (χ0v) is 9.85. The lowest BCUT2D eigenvalue weighted by molar-refractivity contribution is 0.240. The predicted molar refractivity (Wildman–Crippen MR) is 67.8 cm³/mol. The summed E-state index contributed by atoms with van der Waals surface area (Å²) in [5.74, 6) is 1.77. The first-order chi connectivity index (χ1) is 8.38. The van der Waals surface area contributed by atoms with Crippen LogP contribution in [0.1, 0.15) is 5.76 Å². The Kier molecular flexibility index (Phi) is 4.23. The second-order valence-corrected chi connectivity index (χ2v) is 4.30. The van der Waals surface area contributed by atoms with Gasteiger partial charge in [-0.25, -0.2) is 4.99 Å². The Hall–Kier alpha value is -1.72. The van der Waals surface area contributed by atoms with Crippen LogP contribution in [0, 0.1) is 0 Å². The van der Waals surface area contributed by atoms with Crippen LogP contribution in [-0.4, -0.2) is 11.5 Å². The van der Waals surface area contributed by atoms with E-state index in [2.05, 4.69) is 4.99 Å². The Morgan fingerprint density at radius 3 is 2.76 bits per heavy atom. The molecule has 0 saturated heterocycles. The van der Waals surface area contributed by atoms with Gasteiger partial charge in [0.1, 0.15) is 12.1 Å². The van der Waals surface area contributed by atoms with Gasteiger partial charge in [-0.1, -0.05) is 0 Å². The molecule has 0 aliphatic heterocycles. The van der Waals surface area contributed by atoms with Crippen LogP contribution < -0.4 is 5.48 Å². The van der Waals surface area contributed by atoms with Crippen LogP contribution in [0.2, 0.25) is 0 Å². The van der Waals surface area contributed by atoms with Gasteiger partial charge in [0.05, 0.1) is 17.7 Å². The number of furan rings is 1. The molecule has 0 amide bonds. The fourth-order valence-corrected chi connectivity index (χ4v) is 2.08. The van der Waals surface area contributed by atoms with Gasteiger partial charge in [0, 0.05) is 4.90 Å². The molecule has 0 aliphatic carbocycles. The SMILES string of the molecule is ONC=Nc1ccc(SCc2ccco2)cc1. The van der Waals surface area contributed by atoms with Crippen LogP contribution >= 0.6 is 11.8 Å². The van der Waals surface area contributed by atoms with E-state index in [0.717, 1.165) is 22.1 Å². The Morgan fingerprint density at radius 1 is 1.29 bits per heavy atom. The lowest BCUT2D eigenvalue weighted by Crippen LogP contribution is -2.00. The predicted octanol–water partition coefficient (Wildman–Crippen LogP) is 3.21. The maximum absolute atomic E-state index is 8.36. The number of hydroxylamine groups is 1. The summed E-state index contributed by atoms with van der Waals surface area (Å²) in [6.45, 7) is 0. The summed E-state index contributed by atoms with van der Waals surface area (Å²) in [4.78, 5) is 5.11. The van der Waals surface area contributed by atoms with E-state index in [0.29, 0.717) is 0 Å². The van der Waals surface area contributed by atoms with Crippen molar-refractivity contribution in [3.63, 3.8) is 0 Å². The van der Waals surface area contributed by atoms with Crippen molar-refractivity contribution in [2.24, 2.45) is 4.99 Å². The summed E-state index contributed by atoms with van der Waals surface area (Å²) >= 11 is 1.70. The van der Waals surface area contributed by atoms with Gasteiger partial charge in [-0.15, -0.1) is 11.8 Å². The summed E-state index contributed by atoms with van der Waals surface area (Å²) in [5.41, 5.74) is 2.65. The summed E-state index contributed by atoms with van der Waals surface area (Å²) < 4.78 is 5.25. The number of benzene rings is 1. The average molecular weight is 248 g/mol. The van der Waals surface area contributed by atoms with Gasteiger partial charge in [-0.2, -0.15) is 0 Å². The van der Waals surface area contributed by atoms with Gasteiger partial charge in [0.2, 0.25) is 0 Å². The molecule has 0 saturated carbocycles. The highest BCUT2D eigenvalue weighted by Gasteiger charge is 1.98. The van der Waals surface area contributed by atoms with Crippen molar-refractivity contribution in [2.45, 2.75) is 10.6 Å². The number of nitrogens with zero attached hydrogens (tertiary/aromatic N) is 1. The molecule has 2 rings (SSSR count). The van der Waals surface area contributed by atoms with Crippen molar-refractivity contribution in [1.82, 2.24) is 5.48 Å². The molecule has 0 atom stereocenters. The fraction of sp³-hybridized carbons (Fsp3) is 0.0833. The number of hydrogen-bond donors (Lipinski definition) is 2. The molecule has 4 nitrogen and oxygen atoms in total. The molecule has 1 aromatic heterocycles. The number of aliphatic imine (C=N–C) groups is 1. The molecule has 0 fully saturated rings. The van der Waals surface area contributed by atoms with E-state index in [-0.39, 0.29) is 0 Å². The third-order valence-electron chi connectivity index (χ3n) is 2.07. The molecule has 0 unspecified atom stereocenters. The van der Waals surface area contributed by atoms with Crippen LogP contribution in [-0.2, 0) is 5.75 Å². The quantitative estimate of drug-likeness (QED) is 0.369. The van der Waals surface area contributed by atoms with Crippen LogP contribution in [0.4, 0.5) is 5.69 Å². The molecule has 5 heteroatoms. The zero-order chi connectivity index (χ0) is 11.9. The molecular formula is C12H12N2O2S. The Bertz CT molecular complexity index is 466. The number of nitrogens with one attached hydrogen (secondary N) is 1. The average Bonchev–Trinajstić information content (AvgIpc) is 2.88. The Morgan fingerprint density at radius 2 is 2.12 bits per heavy atom. The van der Waals surface area contributed by atoms with E-state index in [1.807, 2.05) is 41.9 Å². The minimum absolute atomic E-state index is 0.786. The van der Waals surface area contributed by atoms with E-state index in [1.54, 1.807) is 18.0 Å². The van der Waals surface area contributed by atoms with Gasteiger partial charge < -0.3 is 4.42 Å². The maximum atomic E-state index is 8.36. The maximum Gasteiger partial charge on any atom is 0.113 e. The second kappa shape index (κ2) is 6.12. The number of thioether (sulfide) groups is 1. The van der Waals surface area contributed by atoms with Gasteiger partial charge in [-0.05, 0) is 36.4 Å². The molecule has 0 spiro atoms. The van der Waals surface area contributed by atoms with Gasteiger partial charge >= 0.3 is 0 Å². The summed E-state index contributed by atoms with van der Waals surface area (Å²) in [6, 6.07) is 11.6. The fourth-order valence-electron chi connectivity index (χ4n) is 1.28.